The number of likely N-dealkylation sites (tertiary alicyclic amines) is 2. The number of hydrogen-bond donors (Lipinski definition) is 1. The van der Waals surface area contributed by atoms with E-state index in [9.17, 15) is 4.79 Å². The van der Waals surface area contributed by atoms with Crippen LogP contribution in [0.5, 0.6) is 0 Å². The normalized spacial score (nSPS) is 37.6. The molecule has 102 valence electrons. The second kappa shape index (κ2) is 5.17. The van der Waals surface area contributed by atoms with Crippen LogP contribution >= 0.6 is 0 Å². The molecule has 0 bridgehead atoms. The van der Waals surface area contributed by atoms with E-state index in [1.165, 1.54) is 25.8 Å². The van der Waals surface area contributed by atoms with Crippen molar-refractivity contribution in [3.05, 3.63) is 0 Å². The summed E-state index contributed by atoms with van der Waals surface area (Å²) in [6.07, 6.45) is 4.81. The quantitative estimate of drug-likeness (QED) is 0.739. The summed E-state index contributed by atoms with van der Waals surface area (Å²) in [6.45, 7) is 5.12. The number of nitrogens with one attached hydrogen (secondary N) is 1. The number of rotatable bonds is 1. The van der Waals surface area contributed by atoms with E-state index in [0.717, 1.165) is 44.6 Å². The van der Waals surface area contributed by atoms with Crippen molar-refractivity contribution in [3.8, 4) is 0 Å². The van der Waals surface area contributed by atoms with Gasteiger partial charge in [-0.25, -0.2) is 0 Å². The van der Waals surface area contributed by atoms with Gasteiger partial charge in [0.15, 0.2) is 0 Å². The van der Waals surface area contributed by atoms with Crippen LogP contribution < -0.4 is 5.32 Å². The molecule has 3 aliphatic heterocycles. The summed E-state index contributed by atoms with van der Waals surface area (Å²) >= 11 is 0. The van der Waals surface area contributed by atoms with E-state index >= 15 is 0 Å². The Morgan fingerprint density at radius 3 is 2.89 bits per heavy atom. The number of amides is 1. The van der Waals surface area contributed by atoms with E-state index in [1.54, 1.807) is 0 Å². The van der Waals surface area contributed by atoms with Gasteiger partial charge in [0.1, 0.15) is 0 Å². The Labute approximate surface area is 110 Å². The summed E-state index contributed by atoms with van der Waals surface area (Å²) < 4.78 is 0. The van der Waals surface area contributed by atoms with Gasteiger partial charge in [-0.15, -0.1) is 0 Å². The summed E-state index contributed by atoms with van der Waals surface area (Å²) in [6, 6.07) is 0.726. The molecule has 3 atom stereocenters. The fraction of sp³-hybridized carbons (Fsp3) is 0.929. The summed E-state index contributed by atoms with van der Waals surface area (Å²) in [7, 11) is 2.25. The molecule has 4 heteroatoms. The second-order valence-electron chi connectivity index (χ2n) is 6.21. The first-order valence-electron chi connectivity index (χ1n) is 7.45. The van der Waals surface area contributed by atoms with Gasteiger partial charge in [-0.1, -0.05) is 0 Å². The number of piperidine rings is 2. The summed E-state index contributed by atoms with van der Waals surface area (Å²) in [5.41, 5.74) is 0. The van der Waals surface area contributed by atoms with Gasteiger partial charge in [0.2, 0.25) is 5.91 Å². The second-order valence-corrected chi connectivity index (χ2v) is 6.21. The zero-order valence-corrected chi connectivity index (χ0v) is 11.4. The Morgan fingerprint density at radius 2 is 2.11 bits per heavy atom. The molecule has 0 saturated carbocycles. The Hall–Kier alpha value is -0.610. The molecule has 3 aliphatic rings. The third-order valence-electron chi connectivity index (χ3n) is 5.07. The molecule has 0 aromatic carbocycles. The predicted octanol–water partition coefficient (Wildman–Crippen LogP) is 0.539. The van der Waals surface area contributed by atoms with Gasteiger partial charge in [-0.3, -0.25) is 4.79 Å². The average Bonchev–Trinajstić information content (AvgIpc) is 2.91. The zero-order chi connectivity index (χ0) is 12.5. The van der Waals surface area contributed by atoms with Crippen molar-refractivity contribution in [2.24, 2.45) is 11.8 Å². The third-order valence-corrected chi connectivity index (χ3v) is 5.07. The van der Waals surface area contributed by atoms with E-state index in [1.807, 2.05) is 0 Å². The lowest BCUT2D eigenvalue weighted by atomic mass is 9.84. The molecule has 18 heavy (non-hydrogen) atoms. The summed E-state index contributed by atoms with van der Waals surface area (Å²) in [4.78, 5) is 17.1. The van der Waals surface area contributed by atoms with Crippen molar-refractivity contribution in [1.29, 1.82) is 0 Å². The number of carbonyl (C=O) groups excluding carboxylic acids is 1. The molecule has 0 spiro atoms. The maximum Gasteiger partial charge on any atom is 0.227 e. The smallest absolute Gasteiger partial charge is 0.227 e. The number of hydrogen-bond acceptors (Lipinski definition) is 3. The number of fused-ring (bicyclic) bond motifs is 1. The van der Waals surface area contributed by atoms with Gasteiger partial charge < -0.3 is 15.1 Å². The molecule has 0 aromatic rings. The van der Waals surface area contributed by atoms with Gasteiger partial charge in [0, 0.05) is 25.7 Å². The first-order valence-corrected chi connectivity index (χ1v) is 7.45. The maximum atomic E-state index is 12.4. The van der Waals surface area contributed by atoms with Crippen LogP contribution in [0.3, 0.4) is 0 Å². The SMILES string of the molecule is CN1CCCC2CN(C(=O)C3CCNC3)CCC21. The standard InChI is InChI=1S/C14H25N3O/c1-16-7-2-3-12-10-17(8-5-13(12)16)14(18)11-4-6-15-9-11/h11-13,15H,2-10H2,1H3. The predicted molar refractivity (Wildman–Crippen MR) is 71.3 cm³/mol. The van der Waals surface area contributed by atoms with E-state index in [2.05, 4.69) is 22.2 Å². The lowest BCUT2D eigenvalue weighted by Gasteiger charge is -2.46. The Morgan fingerprint density at radius 1 is 1.22 bits per heavy atom. The van der Waals surface area contributed by atoms with Crippen LogP contribution in [0.1, 0.15) is 25.7 Å². The van der Waals surface area contributed by atoms with Gasteiger partial charge in [-0.2, -0.15) is 0 Å². The molecule has 3 saturated heterocycles. The van der Waals surface area contributed by atoms with Crippen molar-refractivity contribution < 1.29 is 4.79 Å². The van der Waals surface area contributed by atoms with Crippen molar-refractivity contribution in [3.63, 3.8) is 0 Å². The lowest BCUT2D eigenvalue weighted by molar-refractivity contribution is -0.138. The summed E-state index contributed by atoms with van der Waals surface area (Å²) in [5.74, 6) is 1.38. The molecule has 1 N–H and O–H groups in total. The Kier molecular flexibility index (Phi) is 3.57. The minimum Gasteiger partial charge on any atom is -0.342 e. The van der Waals surface area contributed by atoms with Gasteiger partial charge in [-0.05, 0) is 51.7 Å². The van der Waals surface area contributed by atoms with Crippen molar-refractivity contribution in [1.82, 2.24) is 15.1 Å². The monoisotopic (exact) mass is 251 g/mol. The largest absolute Gasteiger partial charge is 0.342 e. The molecular weight excluding hydrogens is 226 g/mol. The average molecular weight is 251 g/mol. The van der Waals surface area contributed by atoms with Crippen LogP contribution in [-0.2, 0) is 4.79 Å². The van der Waals surface area contributed by atoms with Gasteiger partial charge in [0.25, 0.3) is 0 Å². The molecule has 0 radical (unpaired) electrons. The molecule has 3 rings (SSSR count). The maximum absolute atomic E-state index is 12.4. The highest BCUT2D eigenvalue weighted by molar-refractivity contribution is 5.79. The fourth-order valence-corrected chi connectivity index (χ4v) is 3.98. The zero-order valence-electron chi connectivity index (χ0n) is 11.4. The van der Waals surface area contributed by atoms with Gasteiger partial charge in [0.05, 0.1) is 5.92 Å². The van der Waals surface area contributed by atoms with Gasteiger partial charge >= 0.3 is 0 Å². The molecule has 0 aliphatic carbocycles. The Balaban J connectivity index is 1.61. The van der Waals surface area contributed by atoms with E-state index in [4.69, 9.17) is 0 Å². The van der Waals surface area contributed by atoms with Crippen molar-refractivity contribution in [2.45, 2.75) is 31.7 Å². The van der Waals surface area contributed by atoms with Crippen LogP contribution in [0, 0.1) is 11.8 Å². The molecular formula is C14H25N3O. The van der Waals surface area contributed by atoms with E-state index < -0.39 is 0 Å². The first-order chi connectivity index (χ1) is 8.75. The minimum atomic E-state index is 0.253. The number of nitrogens with zero attached hydrogens (tertiary/aromatic N) is 2. The molecule has 4 nitrogen and oxygen atoms in total. The van der Waals surface area contributed by atoms with Crippen LogP contribution in [0.2, 0.25) is 0 Å². The van der Waals surface area contributed by atoms with E-state index in [-0.39, 0.29) is 5.92 Å². The molecule has 0 aromatic heterocycles. The van der Waals surface area contributed by atoms with Crippen LogP contribution in [0.15, 0.2) is 0 Å². The van der Waals surface area contributed by atoms with E-state index in [0.29, 0.717) is 5.91 Å². The minimum absolute atomic E-state index is 0.253. The van der Waals surface area contributed by atoms with Crippen LogP contribution in [0.25, 0.3) is 0 Å². The van der Waals surface area contributed by atoms with Crippen molar-refractivity contribution in [2.75, 3.05) is 39.8 Å². The first kappa shape index (κ1) is 12.4. The third kappa shape index (κ3) is 2.28. The number of carbonyl (C=O) groups is 1. The lowest BCUT2D eigenvalue weighted by Crippen LogP contribution is -2.54. The highest BCUT2D eigenvalue weighted by Crippen LogP contribution is 2.30. The van der Waals surface area contributed by atoms with Crippen LogP contribution in [0.4, 0.5) is 0 Å². The molecule has 3 fully saturated rings. The highest BCUT2D eigenvalue weighted by atomic mass is 16.2. The Bertz CT molecular complexity index is 314. The fourth-order valence-electron chi connectivity index (χ4n) is 3.98. The van der Waals surface area contributed by atoms with Crippen molar-refractivity contribution >= 4 is 5.91 Å². The summed E-state index contributed by atoms with van der Waals surface area (Å²) in [5, 5.41) is 3.30. The molecule has 1 amide bonds. The van der Waals surface area contributed by atoms with Crippen LogP contribution in [-0.4, -0.2) is 61.5 Å². The molecule has 3 heterocycles. The topological polar surface area (TPSA) is 35.6 Å². The molecule has 3 unspecified atom stereocenters. The highest BCUT2D eigenvalue weighted by Gasteiger charge is 2.37.